The summed E-state index contributed by atoms with van der Waals surface area (Å²) in [5.74, 6) is -0.477. The van der Waals surface area contributed by atoms with E-state index in [1.807, 2.05) is 0 Å². The Bertz CT molecular complexity index is 785. The number of esters is 1. The van der Waals surface area contributed by atoms with Gasteiger partial charge < -0.3 is 10.5 Å². The second-order valence-corrected chi connectivity index (χ2v) is 8.53. The number of amides is 2. The number of fused-ring (bicyclic) bond motifs is 2. The predicted molar refractivity (Wildman–Crippen MR) is 93.3 cm³/mol. The zero-order valence-corrected chi connectivity index (χ0v) is 15.1. The molecule has 132 valence electrons. The molecule has 1 fully saturated rings. The van der Waals surface area contributed by atoms with Crippen molar-refractivity contribution in [2.75, 3.05) is 13.7 Å². The average molecular weight is 360 g/mol. The molecule has 1 spiro atoms. The van der Waals surface area contributed by atoms with Gasteiger partial charge in [0.2, 0.25) is 5.91 Å². The summed E-state index contributed by atoms with van der Waals surface area (Å²) in [5, 5.41) is -0.186. The van der Waals surface area contributed by atoms with Crippen molar-refractivity contribution in [1.29, 1.82) is 0 Å². The molecule has 2 aliphatic carbocycles. The Hall–Kier alpha value is -1.86. The van der Waals surface area contributed by atoms with E-state index in [0.29, 0.717) is 32.3 Å². The normalized spacial score (nSPS) is 22.4. The fourth-order valence-electron chi connectivity index (χ4n) is 4.18. The number of imide groups is 1. The van der Waals surface area contributed by atoms with Crippen molar-refractivity contribution in [2.24, 2.45) is 5.73 Å². The van der Waals surface area contributed by atoms with Crippen LogP contribution in [0.2, 0.25) is 0 Å². The summed E-state index contributed by atoms with van der Waals surface area (Å²) >= 11 is 1.14. The van der Waals surface area contributed by atoms with E-state index in [2.05, 4.69) is 12.1 Å². The van der Waals surface area contributed by atoms with E-state index in [1.54, 1.807) is 6.92 Å². The SMILES string of the molecule is CCOC(=O)C1(N)Cc2cc3c(cc2C1)CC1(C3)SC(=O)N(C)C1=O. The van der Waals surface area contributed by atoms with Gasteiger partial charge >= 0.3 is 5.97 Å². The Morgan fingerprint density at radius 3 is 2.12 bits per heavy atom. The number of hydrogen-bond donors (Lipinski definition) is 1. The van der Waals surface area contributed by atoms with Crippen molar-refractivity contribution >= 4 is 28.9 Å². The minimum absolute atomic E-state index is 0.112. The predicted octanol–water partition coefficient (Wildman–Crippen LogP) is 1.21. The first-order chi connectivity index (χ1) is 11.8. The molecule has 1 heterocycles. The van der Waals surface area contributed by atoms with E-state index in [-0.39, 0.29) is 17.1 Å². The molecule has 2 N–H and O–H groups in total. The Morgan fingerprint density at radius 2 is 1.68 bits per heavy atom. The van der Waals surface area contributed by atoms with Crippen LogP contribution in [0.1, 0.15) is 29.2 Å². The highest BCUT2D eigenvalue weighted by Crippen LogP contribution is 2.48. The molecular formula is C18H20N2O4S. The minimum Gasteiger partial charge on any atom is -0.465 e. The van der Waals surface area contributed by atoms with E-state index in [4.69, 9.17) is 10.5 Å². The van der Waals surface area contributed by atoms with Gasteiger partial charge in [-0.1, -0.05) is 12.1 Å². The number of ether oxygens (including phenoxy) is 1. The summed E-state index contributed by atoms with van der Waals surface area (Å²) in [6.07, 6.45) is 1.99. The maximum Gasteiger partial charge on any atom is 0.326 e. The van der Waals surface area contributed by atoms with Gasteiger partial charge in [0, 0.05) is 19.9 Å². The smallest absolute Gasteiger partial charge is 0.326 e. The minimum atomic E-state index is -1.00. The topological polar surface area (TPSA) is 89.7 Å². The van der Waals surface area contributed by atoms with E-state index in [0.717, 1.165) is 34.0 Å². The third-order valence-electron chi connectivity index (χ3n) is 5.42. The molecule has 25 heavy (non-hydrogen) atoms. The van der Waals surface area contributed by atoms with Crippen LogP contribution < -0.4 is 5.73 Å². The lowest BCUT2D eigenvalue weighted by atomic mass is 9.97. The highest BCUT2D eigenvalue weighted by atomic mass is 32.2. The van der Waals surface area contributed by atoms with Crippen LogP contribution in [0, 0.1) is 0 Å². The van der Waals surface area contributed by atoms with Crippen LogP contribution in [0.25, 0.3) is 0 Å². The fraction of sp³-hybridized carbons (Fsp3) is 0.500. The van der Waals surface area contributed by atoms with Crippen molar-refractivity contribution in [2.45, 2.75) is 42.9 Å². The van der Waals surface area contributed by atoms with E-state index < -0.39 is 10.3 Å². The van der Waals surface area contributed by atoms with Crippen LogP contribution in [0.3, 0.4) is 0 Å². The molecule has 1 aliphatic heterocycles. The number of hydrogen-bond acceptors (Lipinski definition) is 6. The molecule has 1 aromatic carbocycles. The van der Waals surface area contributed by atoms with Crippen LogP contribution in [-0.4, -0.2) is 46.0 Å². The van der Waals surface area contributed by atoms with Crippen molar-refractivity contribution in [1.82, 2.24) is 4.90 Å². The maximum atomic E-state index is 12.5. The quantitative estimate of drug-likeness (QED) is 0.798. The molecule has 0 bridgehead atoms. The largest absolute Gasteiger partial charge is 0.465 e. The first-order valence-electron chi connectivity index (χ1n) is 8.39. The Kier molecular flexibility index (Phi) is 3.53. The number of nitrogens with two attached hydrogens (primary N) is 1. The Morgan fingerprint density at radius 1 is 1.16 bits per heavy atom. The first kappa shape index (κ1) is 16.6. The third-order valence-corrected chi connectivity index (χ3v) is 6.72. The summed E-state index contributed by atoms with van der Waals surface area (Å²) in [7, 11) is 1.54. The molecule has 6 nitrogen and oxygen atoms in total. The summed E-state index contributed by atoms with van der Waals surface area (Å²) in [4.78, 5) is 37.8. The van der Waals surface area contributed by atoms with Gasteiger partial charge in [0.15, 0.2) is 0 Å². The zero-order valence-electron chi connectivity index (χ0n) is 14.3. The number of nitrogens with zero attached hydrogens (tertiary/aromatic N) is 1. The molecule has 2 amide bonds. The van der Waals surface area contributed by atoms with Gasteiger partial charge in [-0.3, -0.25) is 19.3 Å². The van der Waals surface area contributed by atoms with Gasteiger partial charge in [0.25, 0.3) is 5.24 Å². The number of benzene rings is 1. The molecule has 0 radical (unpaired) electrons. The average Bonchev–Trinajstić information content (AvgIpc) is 3.13. The summed E-state index contributed by atoms with van der Waals surface area (Å²) < 4.78 is 4.43. The molecular weight excluding hydrogens is 340 g/mol. The van der Waals surface area contributed by atoms with Gasteiger partial charge in [-0.15, -0.1) is 0 Å². The van der Waals surface area contributed by atoms with Crippen LogP contribution in [0.15, 0.2) is 12.1 Å². The molecule has 0 saturated carbocycles. The molecule has 0 unspecified atom stereocenters. The highest BCUT2D eigenvalue weighted by Gasteiger charge is 2.54. The number of thioether (sulfide) groups is 1. The molecule has 3 aliphatic rings. The lowest BCUT2D eigenvalue weighted by molar-refractivity contribution is -0.149. The molecule has 1 aromatic rings. The van der Waals surface area contributed by atoms with E-state index in [1.165, 1.54) is 11.9 Å². The van der Waals surface area contributed by atoms with Crippen LogP contribution in [0.4, 0.5) is 4.79 Å². The lowest BCUT2D eigenvalue weighted by Crippen LogP contribution is -2.50. The maximum absolute atomic E-state index is 12.5. The van der Waals surface area contributed by atoms with Gasteiger partial charge in [-0.25, -0.2) is 0 Å². The van der Waals surface area contributed by atoms with Crippen LogP contribution >= 0.6 is 11.8 Å². The number of carbonyl (C=O) groups excluding carboxylic acids is 3. The zero-order chi connectivity index (χ0) is 18.0. The van der Waals surface area contributed by atoms with Crippen LogP contribution in [-0.2, 0) is 40.0 Å². The van der Waals surface area contributed by atoms with Crippen molar-refractivity contribution < 1.29 is 19.1 Å². The molecule has 0 aromatic heterocycles. The number of rotatable bonds is 2. The van der Waals surface area contributed by atoms with Gasteiger partial charge in [-0.05, 0) is 53.8 Å². The Balaban J connectivity index is 1.62. The van der Waals surface area contributed by atoms with E-state index >= 15 is 0 Å². The first-order valence-corrected chi connectivity index (χ1v) is 9.20. The van der Waals surface area contributed by atoms with Crippen LogP contribution in [0.5, 0.6) is 0 Å². The van der Waals surface area contributed by atoms with Gasteiger partial charge in [0.05, 0.1) is 6.61 Å². The number of carbonyl (C=O) groups is 3. The molecule has 7 heteroatoms. The lowest BCUT2D eigenvalue weighted by Gasteiger charge is -2.20. The van der Waals surface area contributed by atoms with Gasteiger partial charge in [-0.2, -0.15) is 0 Å². The standard InChI is InChI=1S/C18H20N2O4S/c1-3-24-15(22)17(19)6-10-4-12-8-18(9-13(12)5-11(10)7-17)14(21)20(2)16(23)25-18/h4-5H,3,6-9,19H2,1-2H3. The van der Waals surface area contributed by atoms with Crippen molar-refractivity contribution in [3.05, 3.63) is 34.4 Å². The second kappa shape index (κ2) is 5.32. The Labute approximate surface area is 150 Å². The summed E-state index contributed by atoms with van der Waals surface area (Å²) in [5.41, 5.74) is 9.53. The molecule has 0 atom stereocenters. The van der Waals surface area contributed by atoms with Crippen molar-refractivity contribution in [3.63, 3.8) is 0 Å². The monoisotopic (exact) mass is 360 g/mol. The van der Waals surface area contributed by atoms with E-state index in [9.17, 15) is 14.4 Å². The van der Waals surface area contributed by atoms with Gasteiger partial charge in [0.1, 0.15) is 10.3 Å². The van der Waals surface area contributed by atoms with Crippen molar-refractivity contribution in [3.8, 4) is 0 Å². The molecule has 1 saturated heterocycles. The highest BCUT2D eigenvalue weighted by molar-refractivity contribution is 8.16. The third kappa shape index (κ3) is 2.33. The fourth-order valence-corrected chi connectivity index (χ4v) is 5.41. The summed E-state index contributed by atoms with van der Waals surface area (Å²) in [6.45, 7) is 2.08. The summed E-state index contributed by atoms with van der Waals surface area (Å²) in [6, 6.07) is 4.12. The molecule has 4 rings (SSSR count). The second-order valence-electron chi connectivity index (χ2n) is 7.20.